The number of hydrogen-bond donors (Lipinski definition) is 2. The van der Waals surface area contributed by atoms with E-state index >= 15 is 0 Å². The SMILES string of the molecule is CO[C@@H](C)c1ncccc1-c1c2c3cc(ccc3n1C1CN(C3CC3)C1)-c1csc(n1)[C@@H](N1CC3(CCN3C(C)=O)C1)[C@H](NC=O)C(=O)N1CCC[C@H](N1)C(=O)OCC(C)(C)C2. The summed E-state index contributed by atoms with van der Waals surface area (Å²) in [6.45, 7) is 12.2. The second-order valence-electron chi connectivity index (χ2n) is 19.2. The zero-order valence-electron chi connectivity index (χ0n) is 36.3. The van der Waals surface area contributed by atoms with Crippen molar-refractivity contribution in [1.82, 2.24) is 45.0 Å². The number of benzene rings is 1. The van der Waals surface area contributed by atoms with Crippen molar-refractivity contribution in [1.29, 1.82) is 0 Å². The van der Waals surface area contributed by atoms with Crippen LogP contribution in [0.1, 0.15) is 94.3 Å². The Kier molecular flexibility index (Phi) is 10.5. The number of pyridine rings is 1. The van der Waals surface area contributed by atoms with Gasteiger partial charge < -0.3 is 24.3 Å². The van der Waals surface area contributed by atoms with Gasteiger partial charge in [0.25, 0.3) is 5.91 Å². The number of ether oxygens (including phenoxy) is 2. The molecule has 2 N–H and O–H groups in total. The third-order valence-corrected chi connectivity index (χ3v) is 15.2. The third-order valence-electron chi connectivity index (χ3n) is 14.3. The molecule has 4 saturated heterocycles. The Hall–Kier alpha value is -4.74. The second-order valence-corrected chi connectivity index (χ2v) is 20.1. The molecular weight excluding hydrogens is 807 g/mol. The number of aromatic nitrogens is 3. The molecule has 3 amide bonds. The fraction of sp³-hybridized carbons (Fsp3) is 0.565. The van der Waals surface area contributed by atoms with E-state index in [1.807, 2.05) is 29.5 Å². The van der Waals surface area contributed by atoms with Crippen molar-refractivity contribution in [3.05, 3.63) is 58.2 Å². The molecule has 6 bridgehead atoms. The summed E-state index contributed by atoms with van der Waals surface area (Å²) in [5.74, 6) is -0.740. The Morgan fingerprint density at radius 1 is 1.10 bits per heavy atom. The minimum Gasteiger partial charge on any atom is -0.464 e. The van der Waals surface area contributed by atoms with Gasteiger partial charge in [0, 0.05) is 98.4 Å². The van der Waals surface area contributed by atoms with Crippen LogP contribution in [0, 0.1) is 5.41 Å². The van der Waals surface area contributed by atoms with Crippen molar-refractivity contribution in [2.45, 2.75) is 108 Å². The van der Waals surface area contributed by atoms with E-state index in [-0.39, 0.29) is 36.1 Å². The van der Waals surface area contributed by atoms with Gasteiger partial charge in [0.1, 0.15) is 17.1 Å². The number of esters is 1. The zero-order valence-corrected chi connectivity index (χ0v) is 37.1. The van der Waals surface area contributed by atoms with Crippen molar-refractivity contribution >= 4 is 46.4 Å². The van der Waals surface area contributed by atoms with Crippen LogP contribution in [-0.2, 0) is 35.1 Å². The van der Waals surface area contributed by atoms with E-state index in [4.69, 9.17) is 19.4 Å². The van der Waals surface area contributed by atoms with E-state index in [1.165, 1.54) is 29.2 Å². The molecule has 1 spiro atoms. The van der Waals surface area contributed by atoms with Crippen molar-refractivity contribution in [2.75, 3.05) is 53.0 Å². The number of rotatable bonds is 8. The van der Waals surface area contributed by atoms with Gasteiger partial charge >= 0.3 is 5.97 Å². The van der Waals surface area contributed by atoms with Gasteiger partial charge in [-0.2, -0.15) is 0 Å². The lowest BCUT2D eigenvalue weighted by Gasteiger charge is -2.64. The summed E-state index contributed by atoms with van der Waals surface area (Å²) >= 11 is 1.47. The second kappa shape index (κ2) is 15.8. The molecule has 5 fully saturated rings. The van der Waals surface area contributed by atoms with Crippen LogP contribution in [0.25, 0.3) is 33.4 Å². The van der Waals surface area contributed by atoms with E-state index in [0.29, 0.717) is 62.9 Å². The first-order valence-electron chi connectivity index (χ1n) is 22.2. The molecule has 0 radical (unpaired) electrons. The molecule has 1 aromatic carbocycles. The number of carbonyl (C=O) groups excluding carboxylic acids is 4. The van der Waals surface area contributed by atoms with Crippen molar-refractivity contribution in [3.8, 4) is 22.5 Å². The number of hydrogen-bond acceptors (Lipinski definition) is 12. The Morgan fingerprint density at radius 3 is 2.61 bits per heavy atom. The Morgan fingerprint density at radius 2 is 1.90 bits per heavy atom. The summed E-state index contributed by atoms with van der Waals surface area (Å²) in [6.07, 6.45) is 7.24. The van der Waals surface area contributed by atoms with Gasteiger partial charge in [0.05, 0.1) is 47.4 Å². The van der Waals surface area contributed by atoms with E-state index in [9.17, 15) is 19.2 Å². The largest absolute Gasteiger partial charge is 0.464 e. The van der Waals surface area contributed by atoms with Crippen LogP contribution in [0.3, 0.4) is 0 Å². The highest BCUT2D eigenvalue weighted by Gasteiger charge is 2.58. The van der Waals surface area contributed by atoms with Crippen molar-refractivity contribution in [3.63, 3.8) is 0 Å². The summed E-state index contributed by atoms with van der Waals surface area (Å²) in [7, 11) is 1.72. The molecular formula is C46H57N9O6S. The number of nitrogens with zero attached hydrogens (tertiary/aromatic N) is 7. The van der Waals surface area contributed by atoms with Crippen LogP contribution >= 0.6 is 11.3 Å². The van der Waals surface area contributed by atoms with Crippen LogP contribution in [0.4, 0.5) is 0 Å². The predicted octanol–water partition coefficient (Wildman–Crippen LogP) is 4.64. The number of methoxy groups -OCH3 is 1. The van der Waals surface area contributed by atoms with Crippen molar-refractivity contribution < 1.29 is 28.7 Å². The lowest BCUT2D eigenvalue weighted by atomic mass is 9.76. The fourth-order valence-electron chi connectivity index (χ4n) is 10.7. The molecule has 4 atom stereocenters. The van der Waals surface area contributed by atoms with Gasteiger partial charge in [-0.3, -0.25) is 39.0 Å². The highest BCUT2D eigenvalue weighted by Crippen LogP contribution is 2.48. The molecule has 0 unspecified atom stereocenters. The number of carbonyl (C=O) groups is 4. The number of likely N-dealkylation sites (tertiary alicyclic amines) is 3. The molecule has 4 aromatic rings. The molecule has 3 aromatic heterocycles. The summed E-state index contributed by atoms with van der Waals surface area (Å²) in [4.78, 5) is 70.4. The van der Waals surface area contributed by atoms with Crippen LogP contribution in [0.15, 0.2) is 41.9 Å². The Labute approximate surface area is 366 Å². The van der Waals surface area contributed by atoms with E-state index < -0.39 is 29.5 Å². The molecule has 8 heterocycles. The maximum atomic E-state index is 14.6. The monoisotopic (exact) mass is 863 g/mol. The fourth-order valence-corrected chi connectivity index (χ4v) is 11.7. The average molecular weight is 864 g/mol. The maximum absolute atomic E-state index is 14.6. The maximum Gasteiger partial charge on any atom is 0.324 e. The predicted molar refractivity (Wildman–Crippen MR) is 234 cm³/mol. The van der Waals surface area contributed by atoms with Crippen LogP contribution in [-0.4, -0.2) is 135 Å². The summed E-state index contributed by atoms with van der Waals surface area (Å²) in [6, 6.07) is 9.33. The van der Waals surface area contributed by atoms with E-state index in [1.54, 1.807) is 14.0 Å². The van der Waals surface area contributed by atoms with Gasteiger partial charge in [-0.15, -0.1) is 11.3 Å². The number of nitrogens with one attached hydrogen (secondary N) is 2. The van der Waals surface area contributed by atoms with Crippen molar-refractivity contribution in [2.24, 2.45) is 5.41 Å². The lowest BCUT2D eigenvalue weighted by molar-refractivity contribution is -0.173. The minimum atomic E-state index is -1.01. The lowest BCUT2D eigenvalue weighted by Crippen LogP contribution is -2.78. The minimum absolute atomic E-state index is 0.0341. The first-order chi connectivity index (χ1) is 29.9. The molecule has 5 aliphatic heterocycles. The smallest absolute Gasteiger partial charge is 0.324 e. The number of hydrazine groups is 1. The summed E-state index contributed by atoms with van der Waals surface area (Å²) in [5.41, 5.74) is 9.42. The highest BCUT2D eigenvalue weighted by atomic mass is 32.1. The Balaban J connectivity index is 1.13. The van der Waals surface area contributed by atoms with Crippen LogP contribution in [0.5, 0.6) is 0 Å². The van der Waals surface area contributed by atoms with Gasteiger partial charge in [0.15, 0.2) is 0 Å². The molecule has 15 nitrogen and oxygen atoms in total. The van der Waals surface area contributed by atoms with Gasteiger partial charge in [-0.1, -0.05) is 19.9 Å². The molecule has 1 aliphatic carbocycles. The van der Waals surface area contributed by atoms with Crippen LogP contribution < -0.4 is 10.7 Å². The molecule has 62 heavy (non-hydrogen) atoms. The molecule has 328 valence electrons. The Bertz CT molecular complexity index is 2420. The summed E-state index contributed by atoms with van der Waals surface area (Å²) < 4.78 is 14.6. The molecule has 1 saturated carbocycles. The van der Waals surface area contributed by atoms with Gasteiger partial charge in [-0.25, -0.2) is 10.4 Å². The zero-order chi connectivity index (χ0) is 43.1. The van der Waals surface area contributed by atoms with E-state index in [0.717, 1.165) is 64.2 Å². The molecule has 10 rings (SSSR count). The number of fused-ring (bicyclic) bond motifs is 6. The number of thiazole rings is 1. The standard InChI is InChI=1S/C46H57N9O6S/c1-27(60-5)38-32(8-6-15-47-38)40-34-19-45(3,4)25-61-44(59)35-9-7-16-54(50-35)43(58)39(48-26-56)41(52-23-46(24-52)14-17-53(46)28(2)57)42-49-36(22-62-42)29-10-13-37(33(34)18-29)55(40)31-20-51(21-31)30-11-12-30/h6,8,10,13,15,18,22,26-27,30-31,35,39,41,50H,7,9,11-12,14,16-17,19-21,23-25H2,1-5H3,(H,48,56)/t27-,35-,39-,41-/m0/s1. The van der Waals surface area contributed by atoms with E-state index in [2.05, 4.69) is 63.2 Å². The first kappa shape index (κ1) is 41.3. The quantitative estimate of drug-likeness (QED) is 0.188. The van der Waals surface area contributed by atoms with Gasteiger partial charge in [0.2, 0.25) is 12.3 Å². The average Bonchev–Trinajstić information content (AvgIpc) is 3.86. The third kappa shape index (κ3) is 7.11. The van der Waals surface area contributed by atoms with Crippen LogP contribution in [0.2, 0.25) is 0 Å². The number of cyclic esters (lactones) is 1. The first-order valence-corrected chi connectivity index (χ1v) is 23.1. The molecule has 6 aliphatic rings. The highest BCUT2D eigenvalue weighted by molar-refractivity contribution is 7.10. The topological polar surface area (TPSA) is 154 Å². The summed E-state index contributed by atoms with van der Waals surface area (Å²) in [5, 5.41) is 8.18. The van der Waals surface area contributed by atoms with Gasteiger partial charge in [-0.05, 0) is 75.3 Å². The normalized spacial score (nSPS) is 26.0. The molecule has 16 heteroatoms. The number of amides is 3.